The molecule has 2 heteroatoms. The number of nitrogens with zero attached hydrogens (tertiary/aromatic N) is 2. The lowest BCUT2D eigenvalue weighted by atomic mass is 9.92. The molecule has 0 N–H and O–H groups in total. The summed E-state index contributed by atoms with van der Waals surface area (Å²) in [6.07, 6.45) is 2.02. The zero-order valence-electron chi connectivity index (χ0n) is 22.4. The molecule has 2 aromatic heterocycles. The maximum absolute atomic E-state index is 4.84. The molecule has 192 valence electrons. The molecule has 0 spiro atoms. The van der Waals surface area contributed by atoms with E-state index in [-0.39, 0.29) is 0 Å². The van der Waals surface area contributed by atoms with Crippen molar-refractivity contribution in [3.63, 3.8) is 0 Å². The normalized spacial score (nSPS) is 11.4. The highest BCUT2D eigenvalue weighted by molar-refractivity contribution is 6.08. The zero-order valence-corrected chi connectivity index (χ0v) is 22.4. The first-order valence-corrected chi connectivity index (χ1v) is 14.0. The van der Waals surface area contributed by atoms with Crippen LogP contribution in [0.1, 0.15) is 0 Å². The van der Waals surface area contributed by atoms with E-state index in [1.54, 1.807) is 0 Å². The summed E-state index contributed by atoms with van der Waals surface area (Å²) in [7, 11) is 0. The van der Waals surface area contributed by atoms with Crippen LogP contribution in [0.2, 0.25) is 0 Å². The summed E-state index contributed by atoms with van der Waals surface area (Å²) in [6, 6.07) is 54.2. The van der Waals surface area contributed by atoms with Gasteiger partial charge in [0.1, 0.15) is 0 Å². The first-order valence-electron chi connectivity index (χ1n) is 14.0. The minimum atomic E-state index is 0.993. The van der Waals surface area contributed by atoms with Crippen LogP contribution in [0.5, 0.6) is 0 Å². The fraction of sp³-hybridized carbons (Fsp3) is 0. The Morgan fingerprint density at radius 1 is 0.366 bits per heavy atom. The number of rotatable bonds is 4. The minimum absolute atomic E-state index is 0.993. The van der Waals surface area contributed by atoms with E-state index in [1.807, 2.05) is 12.3 Å². The quantitative estimate of drug-likeness (QED) is 0.225. The van der Waals surface area contributed by atoms with Crippen LogP contribution in [0, 0.1) is 0 Å². The van der Waals surface area contributed by atoms with Crippen molar-refractivity contribution in [1.82, 2.24) is 9.38 Å². The predicted molar refractivity (Wildman–Crippen MR) is 172 cm³/mol. The summed E-state index contributed by atoms with van der Waals surface area (Å²) in [4.78, 5) is 4.84. The van der Waals surface area contributed by atoms with Gasteiger partial charge in [-0.2, -0.15) is 0 Å². The standard InChI is InChI=1S/C39H26N2/c1-3-12-27(13-4-1)31-23-32(28-14-5-2-6-15-28)25-33(24-31)29-16-11-17-30(22-29)39-34-18-7-9-20-36(34)41-37-21-10-8-19-35(37)40-26-38(39)41/h1-26H. The van der Waals surface area contributed by atoms with Gasteiger partial charge in [0.2, 0.25) is 0 Å². The Hall–Kier alpha value is -5.47. The zero-order chi connectivity index (χ0) is 27.2. The van der Waals surface area contributed by atoms with Gasteiger partial charge < -0.3 is 4.40 Å². The Bertz CT molecular complexity index is 2130. The Morgan fingerprint density at radius 2 is 0.878 bits per heavy atom. The molecule has 6 aromatic carbocycles. The van der Waals surface area contributed by atoms with E-state index in [4.69, 9.17) is 4.98 Å². The summed E-state index contributed by atoms with van der Waals surface area (Å²) >= 11 is 0. The Labute approximate surface area is 238 Å². The molecular weight excluding hydrogens is 496 g/mol. The Balaban J connectivity index is 1.35. The highest BCUT2D eigenvalue weighted by Gasteiger charge is 2.16. The molecule has 0 atom stereocenters. The van der Waals surface area contributed by atoms with Crippen LogP contribution >= 0.6 is 0 Å². The number of aromatic nitrogens is 2. The summed E-state index contributed by atoms with van der Waals surface area (Å²) in [6.45, 7) is 0. The molecule has 0 aliphatic rings. The number of benzene rings is 6. The van der Waals surface area contributed by atoms with Crippen molar-refractivity contribution in [2.24, 2.45) is 0 Å². The average molecular weight is 523 g/mol. The van der Waals surface area contributed by atoms with Gasteiger partial charge in [0.15, 0.2) is 0 Å². The van der Waals surface area contributed by atoms with E-state index in [9.17, 15) is 0 Å². The smallest absolute Gasteiger partial charge is 0.0871 e. The molecule has 0 saturated carbocycles. The van der Waals surface area contributed by atoms with Crippen molar-refractivity contribution < 1.29 is 0 Å². The van der Waals surface area contributed by atoms with Gasteiger partial charge in [0, 0.05) is 10.9 Å². The van der Waals surface area contributed by atoms with Crippen molar-refractivity contribution in [1.29, 1.82) is 0 Å². The van der Waals surface area contributed by atoms with Crippen molar-refractivity contribution in [3.05, 3.63) is 158 Å². The lowest BCUT2D eigenvalue weighted by Gasteiger charge is -2.12. The second kappa shape index (κ2) is 9.62. The third-order valence-corrected chi connectivity index (χ3v) is 7.99. The van der Waals surface area contributed by atoms with Gasteiger partial charge in [0.05, 0.1) is 28.3 Å². The van der Waals surface area contributed by atoms with Crippen LogP contribution in [0.4, 0.5) is 0 Å². The number of para-hydroxylation sites is 3. The number of hydrogen-bond acceptors (Lipinski definition) is 1. The molecule has 0 fully saturated rings. The highest BCUT2D eigenvalue weighted by Crippen LogP contribution is 2.39. The lowest BCUT2D eigenvalue weighted by Crippen LogP contribution is -1.90. The van der Waals surface area contributed by atoms with Crippen molar-refractivity contribution in [2.75, 3.05) is 0 Å². The molecule has 0 bridgehead atoms. The van der Waals surface area contributed by atoms with E-state index in [0.717, 1.165) is 16.6 Å². The van der Waals surface area contributed by atoms with Gasteiger partial charge >= 0.3 is 0 Å². The molecule has 8 rings (SSSR count). The van der Waals surface area contributed by atoms with Gasteiger partial charge in [0.25, 0.3) is 0 Å². The maximum Gasteiger partial charge on any atom is 0.0871 e. The Kier molecular flexibility index (Phi) is 5.49. The monoisotopic (exact) mass is 522 g/mol. The van der Waals surface area contributed by atoms with Crippen molar-refractivity contribution >= 4 is 27.5 Å². The van der Waals surface area contributed by atoms with Gasteiger partial charge in [-0.05, 0) is 81.4 Å². The average Bonchev–Trinajstić information content (AvgIpc) is 3.40. The van der Waals surface area contributed by atoms with E-state index in [0.29, 0.717) is 0 Å². The molecule has 2 heterocycles. The number of hydrogen-bond donors (Lipinski definition) is 0. The molecule has 2 nitrogen and oxygen atoms in total. The highest BCUT2D eigenvalue weighted by atomic mass is 14.9. The first-order chi connectivity index (χ1) is 20.3. The lowest BCUT2D eigenvalue weighted by molar-refractivity contribution is 1.27. The fourth-order valence-electron chi connectivity index (χ4n) is 6.08. The first kappa shape index (κ1) is 23.4. The third kappa shape index (κ3) is 4.00. The molecule has 8 aromatic rings. The molecule has 0 aliphatic carbocycles. The van der Waals surface area contributed by atoms with Gasteiger partial charge in [-0.15, -0.1) is 0 Å². The molecule has 41 heavy (non-hydrogen) atoms. The van der Waals surface area contributed by atoms with Crippen LogP contribution < -0.4 is 0 Å². The van der Waals surface area contributed by atoms with Crippen LogP contribution in [-0.2, 0) is 0 Å². The molecule has 0 unspecified atom stereocenters. The predicted octanol–water partition coefficient (Wildman–Crippen LogP) is 10.3. The Morgan fingerprint density at radius 3 is 1.59 bits per heavy atom. The summed E-state index contributed by atoms with van der Waals surface area (Å²) in [5.74, 6) is 0. The van der Waals surface area contributed by atoms with Crippen LogP contribution in [0.15, 0.2) is 158 Å². The third-order valence-electron chi connectivity index (χ3n) is 7.99. The van der Waals surface area contributed by atoms with Gasteiger partial charge in [-0.1, -0.05) is 109 Å². The summed E-state index contributed by atoms with van der Waals surface area (Å²) in [5, 5.41) is 1.23. The summed E-state index contributed by atoms with van der Waals surface area (Å²) in [5.41, 5.74) is 14.1. The second-order valence-electron chi connectivity index (χ2n) is 10.5. The largest absolute Gasteiger partial charge is 0.306 e. The SMILES string of the molecule is c1ccc(-c2cc(-c3ccccc3)cc(-c3cccc(-c4c5ccccc5n5c4cnc4ccccc45)c3)c2)cc1. The van der Waals surface area contributed by atoms with Crippen molar-refractivity contribution in [2.45, 2.75) is 0 Å². The van der Waals surface area contributed by atoms with Gasteiger partial charge in [-0.25, -0.2) is 0 Å². The van der Waals surface area contributed by atoms with Gasteiger partial charge in [-0.3, -0.25) is 4.98 Å². The second-order valence-corrected chi connectivity index (χ2v) is 10.5. The molecular formula is C39H26N2. The van der Waals surface area contributed by atoms with E-state index < -0.39 is 0 Å². The molecule has 0 aliphatic heterocycles. The van der Waals surface area contributed by atoms with Crippen LogP contribution in [0.25, 0.3) is 72.0 Å². The van der Waals surface area contributed by atoms with Crippen LogP contribution in [0.3, 0.4) is 0 Å². The van der Waals surface area contributed by atoms with E-state index >= 15 is 0 Å². The fourth-order valence-corrected chi connectivity index (χ4v) is 6.08. The minimum Gasteiger partial charge on any atom is -0.306 e. The van der Waals surface area contributed by atoms with Crippen LogP contribution in [-0.4, -0.2) is 9.38 Å². The van der Waals surface area contributed by atoms with E-state index in [2.05, 4.69) is 150 Å². The van der Waals surface area contributed by atoms with Crippen molar-refractivity contribution in [3.8, 4) is 44.5 Å². The topological polar surface area (TPSA) is 17.3 Å². The maximum atomic E-state index is 4.84. The van der Waals surface area contributed by atoms with E-state index in [1.165, 1.54) is 55.4 Å². The number of fused-ring (bicyclic) bond motifs is 5. The molecule has 0 amide bonds. The molecule has 0 saturated heterocycles. The molecule has 0 radical (unpaired) electrons. The summed E-state index contributed by atoms with van der Waals surface area (Å²) < 4.78 is 2.35.